The van der Waals surface area contributed by atoms with E-state index in [0.717, 1.165) is 71.4 Å². The van der Waals surface area contributed by atoms with E-state index in [9.17, 15) is 19.5 Å². The molecule has 3 aliphatic heterocycles. The zero-order chi connectivity index (χ0) is 43.6. The molecule has 1 spiro atoms. The molecule has 3 fully saturated rings. The molecule has 0 aromatic heterocycles. The van der Waals surface area contributed by atoms with Gasteiger partial charge in [-0.2, -0.15) is 0 Å². The average Bonchev–Trinajstić information content (AvgIpc) is 3.63. The fourth-order valence-corrected chi connectivity index (χ4v) is 9.05. The van der Waals surface area contributed by atoms with Gasteiger partial charge < -0.3 is 46.1 Å². The second kappa shape index (κ2) is 20.4. The smallest absolute Gasteiger partial charge is 0.247 e. The van der Waals surface area contributed by atoms with E-state index in [0.29, 0.717) is 63.2 Å². The molecule has 0 radical (unpaired) electrons. The maximum atomic E-state index is 13.3. The molecule has 6 N–H and O–H groups in total. The molecule has 328 valence electrons. The number of aliphatic hydroxyl groups excluding tert-OH is 1. The number of nitrogens with zero attached hydrogens (tertiary/aromatic N) is 2. The zero-order valence-corrected chi connectivity index (χ0v) is 35.7. The first-order valence-electron chi connectivity index (χ1n) is 22.2. The lowest BCUT2D eigenvalue weighted by atomic mass is 9.85. The number of nitrogens with one attached hydrogen (secondary N) is 3. The molecule has 0 bridgehead atoms. The Morgan fingerprint density at radius 2 is 1.48 bits per heavy atom. The highest BCUT2D eigenvalue weighted by Gasteiger charge is 2.50. The van der Waals surface area contributed by atoms with Crippen LogP contribution < -0.4 is 26.6 Å². The second-order valence-electron chi connectivity index (χ2n) is 16.9. The molecule has 8 rings (SSSR count). The van der Waals surface area contributed by atoms with Crippen LogP contribution in [-0.2, 0) is 37.0 Å². The van der Waals surface area contributed by atoms with Crippen LogP contribution in [0, 0.1) is 0 Å². The van der Waals surface area contributed by atoms with Crippen LogP contribution in [0.2, 0.25) is 0 Å². The number of ether oxygens (including phenoxy) is 2. The molecular formula is C51H58N6O6. The molecule has 12 nitrogen and oxygen atoms in total. The number of carbonyl (C=O) groups excluding carboxylic acids is 3. The van der Waals surface area contributed by atoms with Gasteiger partial charge in [0.2, 0.25) is 17.7 Å². The molecule has 0 aliphatic carbocycles. The molecule has 5 aromatic rings. The van der Waals surface area contributed by atoms with Gasteiger partial charge in [0.15, 0.2) is 6.29 Å². The minimum atomic E-state index is -0.615. The minimum Gasteiger partial charge on any atom is -0.397 e. The van der Waals surface area contributed by atoms with Crippen LogP contribution in [0.4, 0.5) is 17.1 Å². The molecule has 5 aromatic carbocycles. The maximum Gasteiger partial charge on any atom is 0.247 e. The molecule has 3 saturated heterocycles. The number of likely N-dealkylation sites (tertiary alicyclic amines) is 1. The van der Waals surface area contributed by atoms with Crippen molar-refractivity contribution in [2.75, 3.05) is 42.3 Å². The number of para-hydroxylation sites is 3. The molecular weight excluding hydrogens is 793 g/mol. The van der Waals surface area contributed by atoms with Crippen LogP contribution >= 0.6 is 0 Å². The number of piperidine rings is 1. The summed E-state index contributed by atoms with van der Waals surface area (Å²) in [6.45, 7) is 3.16. The molecule has 3 unspecified atom stereocenters. The Balaban J connectivity index is 0.874. The van der Waals surface area contributed by atoms with E-state index in [2.05, 4.69) is 62.1 Å². The summed E-state index contributed by atoms with van der Waals surface area (Å²) < 4.78 is 13.5. The van der Waals surface area contributed by atoms with Gasteiger partial charge in [0.05, 0.1) is 36.9 Å². The molecule has 3 heterocycles. The molecule has 12 heteroatoms. The molecule has 0 saturated carbocycles. The van der Waals surface area contributed by atoms with E-state index in [1.165, 1.54) is 0 Å². The maximum absolute atomic E-state index is 13.3. The number of benzene rings is 5. The lowest BCUT2D eigenvalue weighted by Gasteiger charge is -2.45. The van der Waals surface area contributed by atoms with Crippen molar-refractivity contribution in [3.8, 4) is 11.1 Å². The van der Waals surface area contributed by atoms with Crippen LogP contribution in [0.25, 0.3) is 11.1 Å². The summed E-state index contributed by atoms with van der Waals surface area (Å²) in [6, 6.07) is 41.8. The number of rotatable bonds is 16. The Morgan fingerprint density at radius 3 is 2.24 bits per heavy atom. The summed E-state index contributed by atoms with van der Waals surface area (Å²) in [5, 5.41) is 18.7. The summed E-state index contributed by atoms with van der Waals surface area (Å²) in [6.07, 6.45) is 4.10. The standard InChI is InChI=1S/C51H58N6O6/c52-44-17-7-8-18-45(44)55-48(60)20-6-2-5-19-47(59)53-32-37-11-9-12-39(29-37)40-13-10-14-41(30-40)49-62-43(31-46(63-49)38-23-21-36(34-58)22-24-38)33-56-27-25-51(26-28-56)50(61)54-35-57(51)42-15-3-1-4-16-42/h1,3-4,7-18,21-24,29-30,43,46,49,58H,2,5-6,19-20,25-28,31-35,52H2,(H,53,59)(H,54,61)(H,55,60). The fraction of sp³-hybridized carbons (Fsp3) is 0.353. The number of unbranched alkanes of at least 4 members (excludes halogenated alkanes) is 2. The van der Waals surface area contributed by atoms with Gasteiger partial charge in [0.1, 0.15) is 5.54 Å². The lowest BCUT2D eigenvalue weighted by molar-refractivity contribution is -0.253. The summed E-state index contributed by atoms with van der Waals surface area (Å²) in [7, 11) is 0. The molecule has 3 aliphatic rings. The van der Waals surface area contributed by atoms with Gasteiger partial charge in [-0.3, -0.25) is 14.4 Å². The second-order valence-corrected chi connectivity index (χ2v) is 16.9. The molecule has 63 heavy (non-hydrogen) atoms. The number of hydrogen-bond acceptors (Lipinski definition) is 9. The number of nitrogen functional groups attached to an aromatic ring is 1. The highest BCUT2D eigenvalue weighted by Crippen LogP contribution is 2.41. The van der Waals surface area contributed by atoms with E-state index >= 15 is 0 Å². The first kappa shape index (κ1) is 43.6. The Bertz CT molecular complexity index is 2330. The average molecular weight is 851 g/mol. The third-order valence-electron chi connectivity index (χ3n) is 12.6. The number of amides is 3. The van der Waals surface area contributed by atoms with Gasteiger partial charge in [-0.15, -0.1) is 0 Å². The summed E-state index contributed by atoms with van der Waals surface area (Å²) >= 11 is 0. The van der Waals surface area contributed by atoms with Crippen LogP contribution in [0.3, 0.4) is 0 Å². The van der Waals surface area contributed by atoms with E-state index in [4.69, 9.17) is 15.2 Å². The van der Waals surface area contributed by atoms with Gasteiger partial charge in [-0.1, -0.05) is 97.4 Å². The first-order valence-corrected chi connectivity index (χ1v) is 22.2. The Kier molecular flexibility index (Phi) is 14.1. The predicted octanol–water partition coefficient (Wildman–Crippen LogP) is 7.61. The van der Waals surface area contributed by atoms with Crippen LogP contribution in [0.1, 0.15) is 86.0 Å². The Labute approximate surface area is 369 Å². The number of aliphatic hydroxyl groups is 1. The Hall–Kier alpha value is -6.05. The third-order valence-corrected chi connectivity index (χ3v) is 12.6. The SMILES string of the molecule is Nc1ccccc1NC(=O)CCCCCC(=O)NCc1cccc(-c2cccc(C3OC(CN4CCC5(CC4)C(=O)NCN5c4ccccc4)CC(c4ccc(CO)cc4)O3)c2)c1. The normalized spacial score (nSPS) is 19.7. The van der Waals surface area contributed by atoms with Gasteiger partial charge in [0, 0.05) is 56.7 Å². The number of nitrogens with two attached hydrogens (primary N) is 1. The molecule has 3 atom stereocenters. The van der Waals surface area contributed by atoms with Gasteiger partial charge in [0.25, 0.3) is 0 Å². The lowest BCUT2D eigenvalue weighted by Crippen LogP contribution is -2.57. The summed E-state index contributed by atoms with van der Waals surface area (Å²) in [5.41, 5.74) is 13.4. The van der Waals surface area contributed by atoms with Crippen molar-refractivity contribution >= 4 is 34.8 Å². The van der Waals surface area contributed by atoms with E-state index in [-0.39, 0.29) is 36.5 Å². The summed E-state index contributed by atoms with van der Waals surface area (Å²) in [5.74, 6) is 0.000454. The van der Waals surface area contributed by atoms with Crippen molar-refractivity contribution in [1.82, 2.24) is 15.5 Å². The van der Waals surface area contributed by atoms with Crippen molar-refractivity contribution in [2.24, 2.45) is 0 Å². The quantitative estimate of drug-likeness (QED) is 0.0498. The first-order chi connectivity index (χ1) is 30.8. The van der Waals surface area contributed by atoms with Crippen LogP contribution in [-0.4, -0.2) is 65.7 Å². The van der Waals surface area contributed by atoms with Crippen molar-refractivity contribution in [3.63, 3.8) is 0 Å². The van der Waals surface area contributed by atoms with E-state index in [1.807, 2.05) is 78.9 Å². The van der Waals surface area contributed by atoms with Gasteiger partial charge in [-0.05, 0) is 89.9 Å². The largest absolute Gasteiger partial charge is 0.397 e. The van der Waals surface area contributed by atoms with Crippen LogP contribution in [0.5, 0.6) is 0 Å². The van der Waals surface area contributed by atoms with Crippen LogP contribution in [0.15, 0.2) is 127 Å². The van der Waals surface area contributed by atoms with Crippen molar-refractivity contribution in [1.29, 1.82) is 0 Å². The van der Waals surface area contributed by atoms with Crippen molar-refractivity contribution in [3.05, 3.63) is 150 Å². The Morgan fingerprint density at radius 1 is 0.762 bits per heavy atom. The minimum absolute atomic E-state index is 0.0205. The fourth-order valence-electron chi connectivity index (χ4n) is 9.05. The number of carbonyl (C=O) groups is 3. The van der Waals surface area contributed by atoms with Gasteiger partial charge >= 0.3 is 0 Å². The zero-order valence-electron chi connectivity index (χ0n) is 35.7. The third kappa shape index (κ3) is 10.8. The predicted molar refractivity (Wildman–Crippen MR) is 245 cm³/mol. The highest BCUT2D eigenvalue weighted by atomic mass is 16.7. The number of anilines is 3. The van der Waals surface area contributed by atoms with E-state index < -0.39 is 11.8 Å². The topological polar surface area (TPSA) is 158 Å². The highest BCUT2D eigenvalue weighted by molar-refractivity contribution is 5.94. The number of hydrogen-bond donors (Lipinski definition) is 5. The molecule has 3 amide bonds. The van der Waals surface area contributed by atoms with Crippen molar-refractivity contribution in [2.45, 2.75) is 88.6 Å². The van der Waals surface area contributed by atoms with E-state index in [1.54, 1.807) is 12.1 Å². The van der Waals surface area contributed by atoms with Crippen molar-refractivity contribution < 1.29 is 29.0 Å². The summed E-state index contributed by atoms with van der Waals surface area (Å²) in [4.78, 5) is 43.1. The monoisotopic (exact) mass is 850 g/mol. The van der Waals surface area contributed by atoms with Gasteiger partial charge in [-0.25, -0.2) is 0 Å².